The number of anilines is 1. The van der Waals surface area contributed by atoms with E-state index in [0.29, 0.717) is 30.2 Å². The summed E-state index contributed by atoms with van der Waals surface area (Å²) in [6.07, 6.45) is 0.993. The number of hydrogen-bond acceptors (Lipinski definition) is 4. The van der Waals surface area contributed by atoms with Gasteiger partial charge in [0.1, 0.15) is 5.75 Å². The Labute approximate surface area is 118 Å². The lowest BCUT2D eigenvalue weighted by Crippen LogP contribution is -2.29. The number of aliphatic hydroxyl groups is 1. The summed E-state index contributed by atoms with van der Waals surface area (Å²) < 4.78 is 5.06. The van der Waals surface area contributed by atoms with Gasteiger partial charge in [-0.25, -0.2) is 0 Å². The third-order valence-corrected chi connectivity index (χ3v) is 2.50. The van der Waals surface area contributed by atoms with E-state index in [4.69, 9.17) is 22.1 Å². The van der Waals surface area contributed by atoms with Crippen molar-refractivity contribution < 1.29 is 14.6 Å². The van der Waals surface area contributed by atoms with Crippen molar-refractivity contribution in [3.05, 3.63) is 24.3 Å². The molecule has 5 nitrogen and oxygen atoms in total. The molecule has 0 spiro atoms. The molecule has 0 unspecified atom stereocenters. The zero-order valence-corrected chi connectivity index (χ0v) is 11.6. The molecule has 104 valence electrons. The van der Waals surface area contributed by atoms with Gasteiger partial charge in [-0.1, -0.05) is 6.92 Å². The highest BCUT2D eigenvalue weighted by atomic mass is 32.1. The molecule has 0 aliphatic heterocycles. The number of aliphatic hydroxyl groups excluding tert-OH is 1. The molecule has 1 aromatic rings. The minimum absolute atomic E-state index is 0.132. The molecule has 0 amide bonds. The minimum atomic E-state index is -0.262. The molecule has 1 aromatic carbocycles. The number of carbonyl (C=O) groups is 1. The van der Waals surface area contributed by atoms with E-state index in [0.717, 1.165) is 5.69 Å². The molecule has 0 atom stereocenters. The fraction of sp³-hybridized carbons (Fsp3) is 0.385. The van der Waals surface area contributed by atoms with E-state index in [2.05, 4.69) is 10.6 Å². The number of hydrogen-bond donors (Lipinski definition) is 3. The Morgan fingerprint density at radius 3 is 2.63 bits per heavy atom. The van der Waals surface area contributed by atoms with Crippen LogP contribution in [0.15, 0.2) is 24.3 Å². The zero-order chi connectivity index (χ0) is 14.1. The third kappa shape index (κ3) is 6.17. The van der Waals surface area contributed by atoms with Crippen LogP contribution in [-0.4, -0.2) is 29.3 Å². The molecule has 0 bridgehead atoms. The maximum absolute atomic E-state index is 11.1. The van der Waals surface area contributed by atoms with Crippen LogP contribution in [0.2, 0.25) is 0 Å². The molecule has 0 fully saturated rings. The van der Waals surface area contributed by atoms with Crippen LogP contribution in [0.1, 0.15) is 19.8 Å². The third-order valence-electron chi connectivity index (χ3n) is 2.25. The van der Waals surface area contributed by atoms with Crippen LogP contribution in [-0.2, 0) is 4.79 Å². The summed E-state index contributed by atoms with van der Waals surface area (Å²) in [5, 5.41) is 15.1. The van der Waals surface area contributed by atoms with Gasteiger partial charge in [0, 0.05) is 25.3 Å². The molecule has 0 saturated heterocycles. The highest BCUT2D eigenvalue weighted by molar-refractivity contribution is 7.80. The summed E-state index contributed by atoms with van der Waals surface area (Å²) in [5.41, 5.74) is 0.804. The van der Waals surface area contributed by atoms with Gasteiger partial charge < -0.3 is 20.5 Å². The Morgan fingerprint density at radius 2 is 2.05 bits per heavy atom. The maximum Gasteiger partial charge on any atom is 0.310 e. The highest BCUT2D eigenvalue weighted by Crippen LogP contribution is 2.16. The van der Waals surface area contributed by atoms with Crippen LogP contribution in [0.25, 0.3) is 0 Å². The summed E-state index contributed by atoms with van der Waals surface area (Å²) in [6.45, 7) is 2.50. The molecule has 0 aromatic heterocycles. The Bertz CT molecular complexity index is 420. The Balaban J connectivity index is 2.43. The monoisotopic (exact) mass is 282 g/mol. The Kier molecular flexibility index (Phi) is 6.84. The number of carbonyl (C=O) groups excluding carboxylic acids is 1. The summed E-state index contributed by atoms with van der Waals surface area (Å²) in [4.78, 5) is 11.1. The number of thiocarbonyl (C=S) groups is 1. The van der Waals surface area contributed by atoms with Crippen molar-refractivity contribution in [2.45, 2.75) is 19.8 Å². The van der Waals surface area contributed by atoms with Crippen molar-refractivity contribution in [1.82, 2.24) is 5.32 Å². The lowest BCUT2D eigenvalue weighted by atomic mass is 10.3. The van der Waals surface area contributed by atoms with Crippen LogP contribution < -0.4 is 15.4 Å². The zero-order valence-electron chi connectivity index (χ0n) is 10.8. The van der Waals surface area contributed by atoms with Gasteiger partial charge in [0.15, 0.2) is 5.11 Å². The molecule has 3 N–H and O–H groups in total. The van der Waals surface area contributed by atoms with Gasteiger partial charge in [-0.05, 0) is 42.9 Å². The van der Waals surface area contributed by atoms with Crippen LogP contribution in [0, 0.1) is 0 Å². The van der Waals surface area contributed by atoms with Gasteiger partial charge in [-0.15, -0.1) is 0 Å². The predicted octanol–water partition coefficient (Wildman–Crippen LogP) is 1.67. The Morgan fingerprint density at radius 1 is 1.37 bits per heavy atom. The molecule has 0 aliphatic carbocycles. The fourth-order valence-corrected chi connectivity index (χ4v) is 1.49. The minimum Gasteiger partial charge on any atom is -0.427 e. The summed E-state index contributed by atoms with van der Waals surface area (Å²) in [7, 11) is 0. The first-order valence-corrected chi connectivity index (χ1v) is 6.53. The SMILES string of the molecule is CCC(=O)Oc1ccc(NC(=S)NCCCO)cc1. The average molecular weight is 282 g/mol. The Hall–Kier alpha value is -1.66. The second-order valence-corrected chi connectivity index (χ2v) is 4.22. The molecule has 0 aliphatic rings. The van der Waals surface area contributed by atoms with Crippen LogP contribution in [0.3, 0.4) is 0 Å². The molecular formula is C13H18N2O3S. The number of rotatable bonds is 6. The molecule has 6 heteroatoms. The van der Waals surface area contributed by atoms with E-state index in [1.807, 2.05) is 0 Å². The molecule has 0 saturated carbocycles. The lowest BCUT2D eigenvalue weighted by molar-refractivity contribution is -0.134. The lowest BCUT2D eigenvalue weighted by Gasteiger charge is -2.10. The first kappa shape index (κ1) is 15.4. The van der Waals surface area contributed by atoms with E-state index >= 15 is 0 Å². The van der Waals surface area contributed by atoms with Gasteiger partial charge in [-0.3, -0.25) is 4.79 Å². The number of benzene rings is 1. The van der Waals surface area contributed by atoms with Crippen molar-refractivity contribution in [2.24, 2.45) is 0 Å². The van der Waals surface area contributed by atoms with Gasteiger partial charge in [0.2, 0.25) is 0 Å². The fourth-order valence-electron chi connectivity index (χ4n) is 1.27. The van der Waals surface area contributed by atoms with Crippen molar-refractivity contribution in [2.75, 3.05) is 18.5 Å². The molecule has 0 heterocycles. The van der Waals surface area contributed by atoms with Gasteiger partial charge in [-0.2, -0.15) is 0 Å². The topological polar surface area (TPSA) is 70.6 Å². The standard InChI is InChI=1S/C13H18N2O3S/c1-2-12(17)18-11-6-4-10(5-7-11)15-13(19)14-8-3-9-16/h4-7,16H,2-3,8-9H2,1H3,(H2,14,15,19). The predicted molar refractivity (Wildman–Crippen MR) is 78.3 cm³/mol. The van der Waals surface area contributed by atoms with Gasteiger partial charge >= 0.3 is 5.97 Å². The summed E-state index contributed by atoms with van der Waals surface area (Å²) >= 11 is 5.08. The quantitative estimate of drug-likeness (QED) is 0.319. The highest BCUT2D eigenvalue weighted by Gasteiger charge is 2.02. The van der Waals surface area contributed by atoms with E-state index in [1.165, 1.54) is 0 Å². The maximum atomic E-state index is 11.1. The van der Waals surface area contributed by atoms with Crippen molar-refractivity contribution in [1.29, 1.82) is 0 Å². The normalized spacial score (nSPS) is 9.79. The first-order chi connectivity index (χ1) is 9.15. The van der Waals surface area contributed by atoms with E-state index in [-0.39, 0.29) is 12.6 Å². The largest absolute Gasteiger partial charge is 0.427 e. The van der Waals surface area contributed by atoms with E-state index < -0.39 is 0 Å². The number of esters is 1. The van der Waals surface area contributed by atoms with Crippen LogP contribution in [0.4, 0.5) is 5.69 Å². The van der Waals surface area contributed by atoms with E-state index in [1.54, 1.807) is 31.2 Å². The van der Waals surface area contributed by atoms with Crippen LogP contribution in [0.5, 0.6) is 5.75 Å². The van der Waals surface area contributed by atoms with Crippen molar-refractivity contribution >= 4 is 29.0 Å². The molecule has 19 heavy (non-hydrogen) atoms. The summed E-state index contributed by atoms with van der Waals surface area (Å²) in [6, 6.07) is 6.95. The number of ether oxygens (including phenoxy) is 1. The van der Waals surface area contributed by atoms with Gasteiger partial charge in [0.05, 0.1) is 0 Å². The van der Waals surface area contributed by atoms with Crippen molar-refractivity contribution in [3.8, 4) is 5.75 Å². The van der Waals surface area contributed by atoms with Gasteiger partial charge in [0.25, 0.3) is 0 Å². The number of nitrogens with one attached hydrogen (secondary N) is 2. The van der Waals surface area contributed by atoms with Crippen molar-refractivity contribution in [3.63, 3.8) is 0 Å². The molecular weight excluding hydrogens is 264 g/mol. The first-order valence-electron chi connectivity index (χ1n) is 6.12. The second-order valence-electron chi connectivity index (χ2n) is 3.81. The smallest absolute Gasteiger partial charge is 0.310 e. The molecule has 1 rings (SSSR count). The van der Waals surface area contributed by atoms with E-state index in [9.17, 15) is 4.79 Å². The molecule has 0 radical (unpaired) electrons. The summed E-state index contributed by atoms with van der Waals surface area (Å²) in [5.74, 6) is 0.249. The second kappa shape index (κ2) is 8.44. The average Bonchev–Trinajstić information content (AvgIpc) is 2.41. The van der Waals surface area contributed by atoms with Crippen LogP contribution >= 0.6 is 12.2 Å².